The van der Waals surface area contributed by atoms with Crippen molar-refractivity contribution in [2.75, 3.05) is 16.8 Å². The zero-order valence-corrected chi connectivity index (χ0v) is 16.0. The van der Waals surface area contributed by atoms with E-state index < -0.39 is 5.91 Å². The minimum atomic E-state index is -0.396. The van der Waals surface area contributed by atoms with Crippen LogP contribution in [0.15, 0.2) is 84.0 Å². The van der Waals surface area contributed by atoms with Gasteiger partial charge in [0.05, 0.1) is 12.2 Å². The Balaban J connectivity index is 1.50. The molecule has 0 aliphatic carbocycles. The Morgan fingerprint density at radius 3 is 2.40 bits per heavy atom. The zero-order chi connectivity index (χ0) is 20.9. The second-order valence-electron chi connectivity index (χ2n) is 6.71. The minimum Gasteiger partial charge on any atom is -0.484 e. The molecule has 0 spiro atoms. The molecule has 1 aliphatic rings. The third-order valence-corrected chi connectivity index (χ3v) is 4.67. The first-order valence-electron chi connectivity index (χ1n) is 9.35. The number of anilines is 2. The van der Waals surface area contributed by atoms with Crippen molar-refractivity contribution in [1.29, 1.82) is 0 Å². The van der Waals surface area contributed by atoms with E-state index in [0.717, 1.165) is 5.56 Å². The number of amides is 2. The standard InChI is InChI=1S/C23H19N3O4/c27-21(15-30-18-9-5-2-6-10-18)24-17-11-12-20-19(13-17)22(25-29)23(28)26(20)14-16-7-3-1-4-8-16/h1-13,29H,14-15H2,(H,24,27)/b25-22-. The molecule has 4 rings (SSSR count). The minimum absolute atomic E-state index is 0.0578. The highest BCUT2D eigenvalue weighted by molar-refractivity contribution is 6.54. The normalized spacial score (nSPS) is 13.9. The Kier molecular flexibility index (Phi) is 5.43. The van der Waals surface area contributed by atoms with Gasteiger partial charge in [-0.2, -0.15) is 0 Å². The molecule has 0 unspecified atom stereocenters. The van der Waals surface area contributed by atoms with Gasteiger partial charge in [0.15, 0.2) is 12.3 Å². The van der Waals surface area contributed by atoms with Crippen LogP contribution in [0.2, 0.25) is 0 Å². The number of fused-ring (bicyclic) bond motifs is 1. The van der Waals surface area contributed by atoms with Gasteiger partial charge in [-0.3, -0.25) is 9.59 Å². The van der Waals surface area contributed by atoms with E-state index in [9.17, 15) is 14.8 Å². The average molecular weight is 401 g/mol. The highest BCUT2D eigenvalue weighted by Crippen LogP contribution is 2.33. The molecule has 0 saturated carbocycles. The molecule has 0 aromatic heterocycles. The second kappa shape index (κ2) is 8.48. The third kappa shape index (κ3) is 4.00. The van der Waals surface area contributed by atoms with Gasteiger partial charge in [-0.1, -0.05) is 53.7 Å². The van der Waals surface area contributed by atoms with Crippen LogP contribution in [0.5, 0.6) is 5.75 Å². The van der Waals surface area contributed by atoms with Crippen LogP contribution in [0.1, 0.15) is 11.1 Å². The average Bonchev–Trinajstić information content (AvgIpc) is 3.04. The molecule has 0 radical (unpaired) electrons. The summed E-state index contributed by atoms with van der Waals surface area (Å²) in [5.74, 6) is -0.141. The van der Waals surface area contributed by atoms with Gasteiger partial charge in [-0.05, 0) is 35.9 Å². The van der Waals surface area contributed by atoms with Gasteiger partial charge in [0.1, 0.15) is 5.75 Å². The number of benzene rings is 3. The first-order chi connectivity index (χ1) is 14.7. The molecule has 3 aromatic carbocycles. The summed E-state index contributed by atoms with van der Waals surface area (Å²) in [4.78, 5) is 26.5. The Bertz CT molecular complexity index is 1100. The van der Waals surface area contributed by atoms with Crippen LogP contribution in [0.4, 0.5) is 11.4 Å². The number of carbonyl (C=O) groups is 2. The fraction of sp³-hybridized carbons (Fsp3) is 0.0870. The van der Waals surface area contributed by atoms with Gasteiger partial charge < -0.3 is 20.2 Å². The number of carbonyl (C=O) groups excluding carboxylic acids is 2. The maximum absolute atomic E-state index is 12.7. The van der Waals surface area contributed by atoms with Crippen molar-refractivity contribution in [3.63, 3.8) is 0 Å². The predicted octanol–water partition coefficient (Wildman–Crippen LogP) is 3.43. The summed E-state index contributed by atoms with van der Waals surface area (Å²) in [5.41, 5.74) is 2.45. The highest BCUT2D eigenvalue weighted by Gasteiger charge is 2.34. The molecule has 7 heteroatoms. The Morgan fingerprint density at radius 1 is 1.00 bits per heavy atom. The molecular weight excluding hydrogens is 382 g/mol. The number of hydrogen-bond donors (Lipinski definition) is 2. The van der Waals surface area contributed by atoms with E-state index in [0.29, 0.717) is 29.2 Å². The Hall–Kier alpha value is -4.13. The molecule has 0 saturated heterocycles. The van der Waals surface area contributed by atoms with Crippen molar-refractivity contribution < 1.29 is 19.5 Å². The van der Waals surface area contributed by atoms with Crippen LogP contribution in [-0.4, -0.2) is 29.3 Å². The molecule has 2 amide bonds. The zero-order valence-electron chi connectivity index (χ0n) is 16.0. The maximum atomic E-state index is 12.7. The van der Waals surface area contributed by atoms with Crippen LogP contribution in [0.3, 0.4) is 0 Å². The summed E-state index contributed by atoms with van der Waals surface area (Å²) in [6.45, 7) is 0.198. The maximum Gasteiger partial charge on any atom is 0.281 e. The molecule has 7 nitrogen and oxygen atoms in total. The summed E-state index contributed by atoms with van der Waals surface area (Å²) >= 11 is 0. The highest BCUT2D eigenvalue weighted by atomic mass is 16.5. The number of nitrogens with zero attached hydrogens (tertiary/aromatic N) is 2. The molecule has 3 aromatic rings. The van der Waals surface area contributed by atoms with Crippen LogP contribution in [0.25, 0.3) is 0 Å². The van der Waals surface area contributed by atoms with E-state index in [2.05, 4.69) is 10.5 Å². The van der Waals surface area contributed by atoms with Crippen LogP contribution in [0, 0.1) is 0 Å². The lowest BCUT2D eigenvalue weighted by atomic mass is 10.1. The number of para-hydroxylation sites is 1. The van der Waals surface area contributed by atoms with E-state index in [1.807, 2.05) is 48.5 Å². The lowest BCUT2D eigenvalue weighted by Crippen LogP contribution is -2.29. The summed E-state index contributed by atoms with van der Waals surface area (Å²) in [7, 11) is 0. The molecule has 0 fully saturated rings. The number of oxime groups is 1. The number of hydrogen-bond acceptors (Lipinski definition) is 5. The summed E-state index contributed by atoms with van der Waals surface area (Å²) in [6, 6.07) is 23.6. The molecule has 0 bridgehead atoms. The molecule has 1 heterocycles. The van der Waals surface area contributed by atoms with E-state index in [1.54, 1.807) is 35.2 Å². The van der Waals surface area contributed by atoms with E-state index in [1.165, 1.54) is 0 Å². The van der Waals surface area contributed by atoms with E-state index in [-0.39, 0.29) is 18.2 Å². The fourth-order valence-electron chi connectivity index (χ4n) is 3.27. The molecule has 1 aliphatic heterocycles. The Morgan fingerprint density at radius 2 is 1.70 bits per heavy atom. The smallest absolute Gasteiger partial charge is 0.281 e. The van der Waals surface area contributed by atoms with E-state index in [4.69, 9.17) is 4.74 Å². The van der Waals surface area contributed by atoms with Crippen molar-refractivity contribution in [2.45, 2.75) is 6.54 Å². The van der Waals surface area contributed by atoms with Gasteiger partial charge in [-0.25, -0.2) is 0 Å². The van der Waals surface area contributed by atoms with Crippen molar-refractivity contribution >= 4 is 28.9 Å². The SMILES string of the molecule is O=C(COc1ccccc1)Nc1ccc2c(c1)/C(=N/O)C(=O)N2Cc1ccccc1. The number of nitrogens with one attached hydrogen (secondary N) is 1. The first kappa shape index (κ1) is 19.2. The third-order valence-electron chi connectivity index (χ3n) is 4.67. The number of rotatable bonds is 6. The van der Waals surface area contributed by atoms with E-state index >= 15 is 0 Å². The molecule has 30 heavy (non-hydrogen) atoms. The summed E-state index contributed by atoms with van der Waals surface area (Å²) in [6.07, 6.45) is 0. The van der Waals surface area contributed by atoms with Gasteiger partial charge in [0, 0.05) is 11.3 Å². The van der Waals surface area contributed by atoms with Crippen molar-refractivity contribution in [1.82, 2.24) is 0 Å². The van der Waals surface area contributed by atoms with Gasteiger partial charge in [0.25, 0.3) is 11.8 Å². The van der Waals surface area contributed by atoms with Gasteiger partial charge >= 0.3 is 0 Å². The lowest BCUT2D eigenvalue weighted by molar-refractivity contribution is -0.118. The van der Waals surface area contributed by atoms with Crippen molar-refractivity contribution in [3.05, 3.63) is 90.0 Å². The first-order valence-corrected chi connectivity index (χ1v) is 9.35. The predicted molar refractivity (Wildman–Crippen MR) is 113 cm³/mol. The van der Waals surface area contributed by atoms with Crippen LogP contribution < -0.4 is 15.0 Å². The Labute approximate surface area is 173 Å². The molecule has 150 valence electrons. The molecule has 2 N–H and O–H groups in total. The second-order valence-corrected chi connectivity index (χ2v) is 6.71. The molecule has 0 atom stereocenters. The van der Waals surface area contributed by atoms with Crippen LogP contribution >= 0.6 is 0 Å². The topological polar surface area (TPSA) is 91.2 Å². The lowest BCUT2D eigenvalue weighted by Gasteiger charge is -2.17. The summed E-state index contributed by atoms with van der Waals surface area (Å²) < 4.78 is 5.44. The largest absolute Gasteiger partial charge is 0.484 e. The van der Waals surface area contributed by atoms with Crippen LogP contribution in [-0.2, 0) is 16.1 Å². The number of ether oxygens (including phenoxy) is 1. The van der Waals surface area contributed by atoms with Gasteiger partial charge in [0.2, 0.25) is 0 Å². The summed E-state index contributed by atoms with van der Waals surface area (Å²) in [5, 5.41) is 15.3. The quantitative estimate of drug-likeness (QED) is 0.489. The fourth-order valence-corrected chi connectivity index (χ4v) is 3.27. The van der Waals surface area contributed by atoms with Gasteiger partial charge in [-0.15, -0.1) is 0 Å². The molecular formula is C23H19N3O4. The van der Waals surface area contributed by atoms with Crippen molar-refractivity contribution in [2.24, 2.45) is 5.16 Å². The van der Waals surface area contributed by atoms with Crippen molar-refractivity contribution in [3.8, 4) is 5.75 Å². The monoisotopic (exact) mass is 401 g/mol.